The number of ether oxygens (including phenoxy) is 1. The minimum Gasteiger partial charge on any atom is -0.457 e. The van der Waals surface area contributed by atoms with Crippen molar-refractivity contribution >= 4 is 29.1 Å². The molecule has 2 atom stereocenters. The molecule has 2 unspecified atom stereocenters. The van der Waals surface area contributed by atoms with E-state index in [-0.39, 0.29) is 17.8 Å². The van der Waals surface area contributed by atoms with Crippen LogP contribution in [0.3, 0.4) is 0 Å². The van der Waals surface area contributed by atoms with Crippen molar-refractivity contribution in [3.8, 4) is 11.5 Å². The number of amides is 2. The molecule has 0 spiro atoms. The fourth-order valence-corrected chi connectivity index (χ4v) is 4.28. The number of nitrogens with zero attached hydrogens (tertiary/aromatic N) is 2. The molecule has 0 aromatic heterocycles. The van der Waals surface area contributed by atoms with Crippen molar-refractivity contribution in [2.75, 3.05) is 30.4 Å². The fraction of sp³-hybridized carbons (Fsp3) is 0.259. The summed E-state index contributed by atoms with van der Waals surface area (Å²) in [5, 5.41) is 3.31. The molecule has 0 aliphatic carbocycles. The van der Waals surface area contributed by atoms with Gasteiger partial charge in [0.15, 0.2) is 0 Å². The van der Waals surface area contributed by atoms with Crippen LogP contribution in [0.4, 0.5) is 10.1 Å². The first kappa shape index (κ1) is 24.7. The fourth-order valence-electron chi connectivity index (χ4n) is 4.15. The maximum atomic E-state index is 13.8. The van der Waals surface area contributed by atoms with Gasteiger partial charge in [0.25, 0.3) is 5.91 Å². The number of alkyl halides is 1. The van der Waals surface area contributed by atoms with Crippen LogP contribution in [0.15, 0.2) is 78.9 Å². The van der Waals surface area contributed by atoms with E-state index in [1.165, 1.54) is 29.2 Å². The lowest BCUT2D eigenvalue weighted by atomic mass is 10.0. The first-order chi connectivity index (χ1) is 17.0. The predicted octanol–water partition coefficient (Wildman–Crippen LogP) is 4.75. The van der Waals surface area contributed by atoms with Crippen molar-refractivity contribution in [2.24, 2.45) is 0 Å². The zero-order chi connectivity index (χ0) is 24.8. The van der Waals surface area contributed by atoms with Gasteiger partial charge in [-0.05, 0) is 61.0 Å². The number of nitrogens with one attached hydrogen (secondary N) is 1. The largest absolute Gasteiger partial charge is 0.457 e. The lowest BCUT2D eigenvalue weighted by Crippen LogP contribution is -2.55. The molecule has 0 radical (unpaired) electrons. The second-order valence-electron chi connectivity index (χ2n) is 8.40. The predicted molar refractivity (Wildman–Crippen MR) is 134 cm³/mol. The van der Waals surface area contributed by atoms with E-state index in [1.54, 1.807) is 29.2 Å². The zero-order valence-electron chi connectivity index (χ0n) is 19.4. The van der Waals surface area contributed by atoms with Gasteiger partial charge in [0.2, 0.25) is 5.91 Å². The summed E-state index contributed by atoms with van der Waals surface area (Å²) < 4.78 is 19.6. The van der Waals surface area contributed by atoms with E-state index in [0.29, 0.717) is 42.4 Å². The van der Waals surface area contributed by atoms with Crippen molar-refractivity contribution in [1.82, 2.24) is 10.2 Å². The van der Waals surface area contributed by atoms with Crippen LogP contribution >= 0.6 is 11.6 Å². The van der Waals surface area contributed by atoms with Crippen LogP contribution < -0.4 is 15.0 Å². The first-order valence-corrected chi connectivity index (χ1v) is 12.0. The Labute approximate surface area is 209 Å². The van der Waals surface area contributed by atoms with Crippen LogP contribution in [0.1, 0.15) is 18.5 Å². The summed E-state index contributed by atoms with van der Waals surface area (Å²) in [7, 11) is 0. The number of rotatable bonds is 7. The number of halogens is 2. The Bertz CT molecular complexity index is 1140. The Balaban J connectivity index is 1.70. The number of piperazine rings is 1. The third-order valence-electron chi connectivity index (χ3n) is 5.84. The van der Waals surface area contributed by atoms with Gasteiger partial charge in [0.05, 0.1) is 0 Å². The Morgan fingerprint density at radius 1 is 1.06 bits per heavy atom. The normalized spacial score (nSPS) is 16.4. The summed E-state index contributed by atoms with van der Waals surface area (Å²) in [6, 6.07) is 21.0. The van der Waals surface area contributed by atoms with E-state index >= 15 is 0 Å². The molecule has 8 heteroatoms. The molecule has 35 heavy (non-hydrogen) atoms. The van der Waals surface area contributed by atoms with Crippen molar-refractivity contribution in [2.45, 2.75) is 19.0 Å². The SMILES string of the molecule is CC1CN(C(=O)C(c2ccc(F)cc2)N(C(=O)CCl)c2ccc(Oc3ccccc3)cc2)CCN1. The van der Waals surface area contributed by atoms with E-state index in [0.717, 1.165) is 0 Å². The average molecular weight is 496 g/mol. The van der Waals surface area contributed by atoms with Crippen LogP contribution in [0.5, 0.6) is 11.5 Å². The van der Waals surface area contributed by atoms with Gasteiger partial charge in [-0.2, -0.15) is 0 Å². The third kappa shape index (κ3) is 5.99. The van der Waals surface area contributed by atoms with E-state index < -0.39 is 17.8 Å². The molecular formula is C27H27ClFN3O3. The van der Waals surface area contributed by atoms with Gasteiger partial charge in [-0.3, -0.25) is 14.5 Å². The average Bonchev–Trinajstić information content (AvgIpc) is 2.88. The molecule has 3 aromatic carbocycles. The minimum absolute atomic E-state index is 0.119. The lowest BCUT2D eigenvalue weighted by Gasteiger charge is -2.38. The molecule has 1 heterocycles. The topological polar surface area (TPSA) is 61.9 Å². The molecule has 0 saturated carbocycles. The maximum absolute atomic E-state index is 13.8. The zero-order valence-corrected chi connectivity index (χ0v) is 20.1. The van der Waals surface area contributed by atoms with Gasteiger partial charge in [0.1, 0.15) is 29.2 Å². The quantitative estimate of drug-likeness (QED) is 0.480. The molecule has 182 valence electrons. The van der Waals surface area contributed by atoms with Crippen LogP contribution in [0.25, 0.3) is 0 Å². The molecule has 1 saturated heterocycles. The van der Waals surface area contributed by atoms with Gasteiger partial charge >= 0.3 is 0 Å². The Morgan fingerprint density at radius 3 is 2.34 bits per heavy atom. The highest BCUT2D eigenvalue weighted by Crippen LogP contribution is 2.32. The molecule has 1 aliphatic rings. The Hall–Kier alpha value is -3.42. The van der Waals surface area contributed by atoms with Gasteiger partial charge in [-0.15, -0.1) is 11.6 Å². The van der Waals surface area contributed by atoms with Crippen molar-refractivity contribution in [3.63, 3.8) is 0 Å². The van der Waals surface area contributed by atoms with Gasteiger partial charge < -0.3 is 15.0 Å². The van der Waals surface area contributed by atoms with Crippen molar-refractivity contribution in [3.05, 3.63) is 90.2 Å². The number of carbonyl (C=O) groups excluding carboxylic acids is 2. The molecular weight excluding hydrogens is 469 g/mol. The van der Waals surface area contributed by atoms with Crippen LogP contribution in [0, 0.1) is 5.82 Å². The Morgan fingerprint density at radius 2 is 1.71 bits per heavy atom. The molecule has 1 aliphatic heterocycles. The number of para-hydroxylation sites is 1. The lowest BCUT2D eigenvalue weighted by molar-refractivity contribution is -0.135. The van der Waals surface area contributed by atoms with Gasteiger partial charge in [-0.25, -0.2) is 4.39 Å². The summed E-state index contributed by atoms with van der Waals surface area (Å²) in [6.07, 6.45) is 0. The summed E-state index contributed by atoms with van der Waals surface area (Å²) in [4.78, 5) is 30.1. The van der Waals surface area contributed by atoms with Gasteiger partial charge in [-0.1, -0.05) is 30.3 Å². The molecule has 2 amide bonds. The van der Waals surface area contributed by atoms with E-state index in [9.17, 15) is 14.0 Å². The van der Waals surface area contributed by atoms with E-state index in [1.807, 2.05) is 37.3 Å². The highest BCUT2D eigenvalue weighted by Gasteiger charge is 2.36. The molecule has 1 N–H and O–H groups in total. The monoisotopic (exact) mass is 495 g/mol. The third-order valence-corrected chi connectivity index (χ3v) is 6.06. The molecule has 4 rings (SSSR count). The van der Waals surface area contributed by atoms with Gasteiger partial charge in [0, 0.05) is 31.4 Å². The molecule has 3 aromatic rings. The Kier molecular flexibility index (Phi) is 8.00. The first-order valence-electron chi connectivity index (χ1n) is 11.4. The maximum Gasteiger partial charge on any atom is 0.250 e. The second-order valence-corrected chi connectivity index (χ2v) is 8.67. The molecule has 1 fully saturated rings. The van der Waals surface area contributed by atoms with Crippen LogP contribution in [-0.2, 0) is 9.59 Å². The molecule has 0 bridgehead atoms. The smallest absolute Gasteiger partial charge is 0.250 e. The van der Waals surface area contributed by atoms with E-state index in [2.05, 4.69) is 5.32 Å². The number of benzene rings is 3. The highest BCUT2D eigenvalue weighted by molar-refractivity contribution is 6.29. The number of anilines is 1. The summed E-state index contributed by atoms with van der Waals surface area (Å²) in [6.45, 7) is 3.66. The number of hydrogen-bond acceptors (Lipinski definition) is 4. The van der Waals surface area contributed by atoms with Crippen molar-refractivity contribution < 1.29 is 18.7 Å². The number of carbonyl (C=O) groups is 2. The number of hydrogen-bond donors (Lipinski definition) is 1. The van der Waals surface area contributed by atoms with Crippen LogP contribution in [0.2, 0.25) is 0 Å². The summed E-state index contributed by atoms with van der Waals surface area (Å²) in [5.74, 6) is -0.152. The summed E-state index contributed by atoms with van der Waals surface area (Å²) >= 11 is 5.99. The van der Waals surface area contributed by atoms with Crippen LogP contribution in [-0.4, -0.2) is 48.3 Å². The molecule has 6 nitrogen and oxygen atoms in total. The minimum atomic E-state index is -0.993. The van der Waals surface area contributed by atoms with Crippen molar-refractivity contribution in [1.29, 1.82) is 0 Å². The highest BCUT2D eigenvalue weighted by atomic mass is 35.5. The second kappa shape index (κ2) is 11.3. The van der Waals surface area contributed by atoms with E-state index in [4.69, 9.17) is 16.3 Å². The standard InChI is InChI=1S/C27H27ClFN3O3/c1-19-18-31(16-15-30-19)27(34)26(20-7-9-21(29)10-8-20)32(25(33)17-28)22-11-13-24(14-12-22)35-23-5-3-2-4-6-23/h2-14,19,26,30H,15-18H2,1H3. The summed E-state index contributed by atoms with van der Waals surface area (Å²) in [5.41, 5.74) is 0.993.